The lowest BCUT2D eigenvalue weighted by Gasteiger charge is -2.34. The van der Waals surface area contributed by atoms with Crippen LogP contribution in [0.1, 0.15) is 22.8 Å². The van der Waals surface area contributed by atoms with Gasteiger partial charge in [-0.15, -0.1) is 0 Å². The Morgan fingerprint density at radius 3 is 2.40 bits per heavy atom. The highest BCUT2D eigenvalue weighted by Gasteiger charge is 2.50. The molecule has 0 spiro atoms. The van der Waals surface area contributed by atoms with Crippen molar-refractivity contribution in [2.45, 2.75) is 49.1 Å². The number of fused-ring (bicyclic) bond motifs is 1. The Morgan fingerprint density at radius 2 is 1.71 bits per heavy atom. The van der Waals surface area contributed by atoms with E-state index in [9.17, 15) is 53.4 Å². The lowest BCUT2D eigenvalue weighted by Crippen LogP contribution is -2.46. The fourth-order valence-corrected chi connectivity index (χ4v) is 7.39. The molecule has 1 amide bonds. The van der Waals surface area contributed by atoms with E-state index < -0.39 is 91.7 Å². The van der Waals surface area contributed by atoms with Crippen LogP contribution in [0.5, 0.6) is 0 Å². The minimum atomic E-state index is -5.78. The van der Waals surface area contributed by atoms with Crippen molar-refractivity contribution < 1.29 is 85.3 Å². The second-order valence-electron chi connectivity index (χ2n) is 10.2. The number of hydrogen-bond donors (Lipinski definition) is 6. The van der Waals surface area contributed by atoms with E-state index in [1.807, 2.05) is 0 Å². The van der Waals surface area contributed by atoms with Crippen LogP contribution in [0.15, 0.2) is 37.2 Å². The molecule has 10 unspecified atom stereocenters. The van der Waals surface area contributed by atoms with Gasteiger partial charge in [0.25, 0.3) is 20.0 Å². The zero-order valence-corrected chi connectivity index (χ0v) is 26.5. The van der Waals surface area contributed by atoms with Crippen molar-refractivity contribution in [1.29, 1.82) is 0 Å². The first kappa shape index (κ1) is 36.4. The summed E-state index contributed by atoms with van der Waals surface area (Å²) in [5, 5.41) is 31.4. The van der Waals surface area contributed by atoms with Gasteiger partial charge in [-0.25, -0.2) is 23.8 Å². The molecule has 3 aromatic rings. The van der Waals surface area contributed by atoms with Crippen molar-refractivity contribution in [2.75, 3.05) is 18.9 Å². The molecule has 0 saturated carbocycles. The van der Waals surface area contributed by atoms with E-state index in [-0.39, 0.29) is 22.5 Å². The van der Waals surface area contributed by atoms with Crippen molar-refractivity contribution in [3.8, 4) is 0 Å². The first-order chi connectivity index (χ1) is 22.4. The van der Waals surface area contributed by atoms with Crippen LogP contribution in [0.4, 0.5) is 5.82 Å². The number of aliphatic hydroxyl groups excluding tert-OH is 3. The van der Waals surface area contributed by atoms with E-state index in [1.165, 1.54) is 29.1 Å². The van der Waals surface area contributed by atoms with Crippen molar-refractivity contribution in [3.63, 3.8) is 0 Å². The second kappa shape index (κ2) is 13.8. The molecule has 0 aromatic carbocycles. The first-order valence-corrected chi connectivity index (χ1v) is 17.7. The van der Waals surface area contributed by atoms with Gasteiger partial charge in [-0.3, -0.25) is 18.5 Å². The van der Waals surface area contributed by atoms with Crippen LogP contribution >= 0.6 is 23.5 Å². The number of phosphoric ester groups is 3. The molecule has 2 aliphatic rings. The summed E-state index contributed by atoms with van der Waals surface area (Å²) in [7, 11) is -17.1. The van der Waals surface area contributed by atoms with Gasteiger partial charge in [-0.1, -0.05) is 0 Å². The van der Waals surface area contributed by atoms with Gasteiger partial charge in [-0.05, 0) is 6.07 Å². The predicted molar refractivity (Wildman–Crippen MR) is 144 cm³/mol. The van der Waals surface area contributed by atoms with Crippen LogP contribution in [0.25, 0.3) is 11.2 Å². The number of hydrogen-bond acceptors (Lipinski definition) is 20. The first-order valence-electron chi connectivity index (χ1n) is 13.3. The number of rotatable bonds is 13. The fourth-order valence-electron chi connectivity index (χ4n) is 4.81. The number of nitrogens with two attached hydrogens (primary N) is 2. The van der Waals surface area contributed by atoms with Crippen molar-refractivity contribution in [1.82, 2.24) is 19.5 Å². The zero-order chi connectivity index (χ0) is 35.2. The molecule has 0 aliphatic carbocycles. The molecule has 2 aliphatic heterocycles. The molecule has 0 radical (unpaired) electrons. The Hall–Kier alpha value is -2.86. The standard InChI is InChI=1S/C21H28N7O17P3/c22-17-12-19(25-7-24-17)28(8-26-12)21-16(44-46(33,34)35)14(30)11(43-21)6-41-48(38,39)45-47(36,37)40-5-10-13(29)15(31)20(42-10)27-3-1-2-9(4-27)18(23)32/h1-4,7-8,10-11,13-16,20-21,29-31H,5-6H2,(H7-,22,23,24,25,32,33,34,35,36,37,38,39)/p-2. The maximum Gasteiger partial charge on any atom is 0.478 e. The highest BCUT2D eigenvalue weighted by molar-refractivity contribution is 7.60. The molecule has 10 atom stereocenters. The molecule has 0 bridgehead atoms. The summed E-state index contributed by atoms with van der Waals surface area (Å²) in [5.41, 5.74) is 11.0. The summed E-state index contributed by atoms with van der Waals surface area (Å²) < 4.78 is 67.2. The minimum Gasteiger partial charge on any atom is -0.790 e. The average molecular weight is 741 g/mol. The molecule has 27 heteroatoms. The summed E-state index contributed by atoms with van der Waals surface area (Å²) in [4.78, 5) is 68.3. The van der Waals surface area contributed by atoms with Gasteiger partial charge in [-0.2, -0.15) is 4.57 Å². The number of anilines is 1. The van der Waals surface area contributed by atoms with Gasteiger partial charge in [0, 0.05) is 6.07 Å². The SMILES string of the molecule is NC(=O)c1ccc[n+](C2OC(COP(=O)([O-])OP(=O)(O)OCC3OC(n4cnc5c(N)ncnc54)C(OP(=O)([O-])[O-])C3O)C(O)C2O)c1. The largest absolute Gasteiger partial charge is 0.790 e. The van der Waals surface area contributed by atoms with E-state index in [4.69, 9.17) is 20.9 Å². The summed E-state index contributed by atoms with van der Waals surface area (Å²) in [6.07, 6.45) is -9.05. The van der Waals surface area contributed by atoms with E-state index in [1.54, 1.807) is 0 Å². The third kappa shape index (κ3) is 8.12. The normalized spacial score (nSPS) is 30.3. The fraction of sp³-hybridized carbons (Fsp3) is 0.476. The third-order valence-electron chi connectivity index (χ3n) is 6.96. The molecule has 5 heterocycles. The number of phosphoric acid groups is 3. The number of carbonyl (C=O) groups is 1. The lowest BCUT2D eigenvalue weighted by molar-refractivity contribution is -0.765. The number of aliphatic hydroxyl groups is 3. The molecule has 24 nitrogen and oxygen atoms in total. The quantitative estimate of drug-likeness (QED) is 0.0707. The zero-order valence-electron chi connectivity index (χ0n) is 23.8. The third-order valence-corrected chi connectivity index (χ3v) is 10.0. The number of carbonyl (C=O) groups excluding carboxylic acids is 1. The number of aromatic nitrogens is 5. The van der Waals surface area contributed by atoms with Gasteiger partial charge in [0.1, 0.15) is 47.9 Å². The number of amides is 1. The van der Waals surface area contributed by atoms with E-state index in [0.29, 0.717) is 0 Å². The predicted octanol–water partition coefficient (Wildman–Crippen LogP) is -4.79. The monoisotopic (exact) mass is 741 g/mol. The summed E-state index contributed by atoms with van der Waals surface area (Å²) in [6.45, 7) is -2.18. The van der Waals surface area contributed by atoms with Gasteiger partial charge in [0.15, 0.2) is 36.2 Å². The number of imidazole rings is 1. The van der Waals surface area contributed by atoms with Crippen LogP contribution in [0.2, 0.25) is 0 Å². The maximum absolute atomic E-state index is 12.5. The Bertz CT molecular complexity index is 1810. The molecule has 264 valence electrons. The summed E-state index contributed by atoms with van der Waals surface area (Å²) >= 11 is 0. The Morgan fingerprint density at radius 1 is 1.02 bits per heavy atom. The van der Waals surface area contributed by atoms with E-state index in [2.05, 4.69) is 32.8 Å². The van der Waals surface area contributed by atoms with Crippen molar-refractivity contribution in [3.05, 3.63) is 42.7 Å². The topological polar surface area (TPSA) is 373 Å². The molecule has 2 fully saturated rings. The number of nitrogens with zero attached hydrogens (tertiary/aromatic N) is 5. The molecule has 48 heavy (non-hydrogen) atoms. The average Bonchev–Trinajstić information content (AvgIpc) is 3.64. The Kier molecular flexibility index (Phi) is 10.5. The number of primary amides is 1. The highest BCUT2D eigenvalue weighted by atomic mass is 31.3. The van der Waals surface area contributed by atoms with Crippen molar-refractivity contribution in [2.24, 2.45) is 5.73 Å². The van der Waals surface area contributed by atoms with Crippen LogP contribution in [0, 0.1) is 0 Å². The molecule has 5 rings (SSSR count). The number of ether oxygens (including phenoxy) is 2. The molecular weight excluding hydrogens is 715 g/mol. The Balaban J connectivity index is 1.21. The van der Waals surface area contributed by atoms with Gasteiger partial charge in [0.2, 0.25) is 0 Å². The number of nitrogen functional groups attached to an aromatic ring is 1. The van der Waals surface area contributed by atoms with Crippen LogP contribution in [-0.4, -0.2) is 95.5 Å². The summed E-state index contributed by atoms with van der Waals surface area (Å²) in [6, 6.07) is 2.76. The van der Waals surface area contributed by atoms with Gasteiger partial charge < -0.3 is 69.4 Å². The van der Waals surface area contributed by atoms with Gasteiger partial charge in [0.05, 0.1) is 27.4 Å². The Labute approximate surface area is 267 Å². The second-order valence-corrected chi connectivity index (χ2v) is 14.3. The highest BCUT2D eigenvalue weighted by Crippen LogP contribution is 2.58. The van der Waals surface area contributed by atoms with E-state index in [0.717, 1.165) is 17.2 Å². The van der Waals surface area contributed by atoms with E-state index >= 15 is 0 Å². The number of pyridine rings is 1. The smallest absolute Gasteiger partial charge is 0.478 e. The molecular formula is C21H26N7O17P3-2. The summed E-state index contributed by atoms with van der Waals surface area (Å²) in [5.74, 6) is -0.892. The maximum atomic E-state index is 12.5. The molecule has 3 aromatic heterocycles. The lowest BCUT2D eigenvalue weighted by atomic mass is 10.1. The van der Waals surface area contributed by atoms with Crippen LogP contribution in [-0.2, 0) is 41.1 Å². The van der Waals surface area contributed by atoms with Crippen molar-refractivity contribution >= 4 is 46.4 Å². The van der Waals surface area contributed by atoms with Crippen LogP contribution in [0.3, 0.4) is 0 Å². The van der Waals surface area contributed by atoms with Crippen LogP contribution < -0.4 is 30.7 Å². The van der Waals surface area contributed by atoms with Gasteiger partial charge >= 0.3 is 7.82 Å². The molecule has 8 N–H and O–H groups in total. The minimum absolute atomic E-state index is 0.0255. The molecule has 2 saturated heterocycles.